The lowest BCUT2D eigenvalue weighted by atomic mass is 10.2. The minimum absolute atomic E-state index is 0.0197. The number of aromatic amines is 2. The lowest BCUT2D eigenvalue weighted by Crippen LogP contribution is -1.98. The van der Waals surface area contributed by atoms with E-state index in [-0.39, 0.29) is 22.5 Å². The second kappa shape index (κ2) is 7.19. The molecule has 0 aliphatic heterocycles. The summed E-state index contributed by atoms with van der Waals surface area (Å²) in [5.41, 5.74) is 1.86. The predicted octanol–water partition coefficient (Wildman–Crippen LogP) is 4.22. The molecule has 0 fully saturated rings. The molecular weight excluding hydrogens is 400 g/mol. The number of thiophene rings is 2. The van der Waals surface area contributed by atoms with Gasteiger partial charge in [0.1, 0.15) is 34.7 Å². The van der Waals surface area contributed by atoms with Crippen molar-refractivity contribution in [2.75, 3.05) is 0 Å². The first-order valence-corrected chi connectivity index (χ1v) is 9.41. The number of carboxylic acids is 2. The number of nitrogens with zero attached hydrogens (tertiary/aromatic N) is 2. The van der Waals surface area contributed by atoms with Crippen molar-refractivity contribution in [1.82, 2.24) is 9.97 Å². The third kappa shape index (κ3) is 3.22. The molecule has 0 aromatic carbocycles. The molecule has 8 nitrogen and oxygen atoms in total. The van der Waals surface area contributed by atoms with Crippen molar-refractivity contribution < 1.29 is 19.8 Å². The molecule has 0 radical (unpaired) electrons. The molecule has 0 aliphatic carbocycles. The van der Waals surface area contributed by atoms with Crippen molar-refractivity contribution in [3.63, 3.8) is 0 Å². The molecule has 4 aromatic heterocycles. The van der Waals surface area contributed by atoms with Crippen molar-refractivity contribution in [2.45, 2.75) is 13.8 Å². The fourth-order valence-corrected chi connectivity index (χ4v) is 4.68. The molecule has 0 unspecified atom stereocenters. The number of nitrogens with one attached hydrogen (secondary N) is 2. The molecule has 28 heavy (non-hydrogen) atoms. The van der Waals surface area contributed by atoms with Gasteiger partial charge in [0, 0.05) is 9.75 Å². The van der Waals surface area contributed by atoms with E-state index in [1.807, 2.05) is 38.1 Å². The van der Waals surface area contributed by atoms with Gasteiger partial charge in [0.15, 0.2) is 0 Å². The molecule has 0 spiro atoms. The smallest absolute Gasteiger partial charge is 0.353 e. The third-order valence-corrected chi connectivity index (χ3v) is 5.97. The van der Waals surface area contributed by atoms with Crippen LogP contribution >= 0.6 is 22.7 Å². The molecular formula is C18H12N4O4S2. The number of rotatable bonds is 2. The normalized spacial score (nSPS) is 10.3. The van der Waals surface area contributed by atoms with E-state index in [0.717, 1.165) is 30.2 Å². The average molecular weight is 412 g/mol. The molecule has 4 rings (SSSR count). The summed E-state index contributed by atoms with van der Waals surface area (Å²) in [4.78, 5) is 29.1. The van der Waals surface area contributed by atoms with Crippen LogP contribution in [0.2, 0.25) is 0 Å². The zero-order chi connectivity index (χ0) is 20.6. The van der Waals surface area contributed by atoms with E-state index in [0.29, 0.717) is 0 Å². The van der Waals surface area contributed by atoms with E-state index in [2.05, 4.69) is 9.97 Å². The Morgan fingerprint density at radius 2 is 1.21 bits per heavy atom. The molecule has 0 saturated carbocycles. The van der Waals surface area contributed by atoms with Gasteiger partial charge in [-0.15, -0.1) is 22.7 Å². The third-order valence-electron chi connectivity index (χ3n) is 3.84. The highest BCUT2D eigenvalue weighted by Crippen LogP contribution is 2.30. The minimum atomic E-state index is -1.09. The van der Waals surface area contributed by atoms with Crippen LogP contribution in [0.4, 0.5) is 0 Å². The fraction of sp³-hybridized carbons (Fsp3) is 0.111. The van der Waals surface area contributed by atoms with Gasteiger partial charge in [-0.1, -0.05) is 0 Å². The number of nitriles is 2. The number of hydrogen-bond donors (Lipinski definition) is 4. The van der Waals surface area contributed by atoms with Crippen molar-refractivity contribution in [2.24, 2.45) is 0 Å². The first-order chi connectivity index (χ1) is 13.3. The SMILES string of the molecule is Cc1cc2[nH]c(C(=O)O)c(C#N)c2s1.Cc1cc2[nH]c(C(=O)O)c(C#N)c2s1. The number of fused-ring (bicyclic) bond motifs is 2. The van der Waals surface area contributed by atoms with Gasteiger partial charge in [0.05, 0.1) is 20.4 Å². The first kappa shape index (κ1) is 19.2. The summed E-state index contributed by atoms with van der Waals surface area (Å²) in [6.07, 6.45) is 0. The van der Waals surface area contributed by atoms with Gasteiger partial charge < -0.3 is 20.2 Å². The van der Waals surface area contributed by atoms with Crippen LogP contribution in [-0.4, -0.2) is 32.1 Å². The molecule has 4 N–H and O–H groups in total. The molecule has 0 aliphatic rings. The Kier molecular flexibility index (Phi) is 4.92. The van der Waals surface area contributed by atoms with Crippen LogP contribution in [0.1, 0.15) is 41.9 Å². The van der Waals surface area contributed by atoms with E-state index in [1.54, 1.807) is 0 Å². The predicted molar refractivity (Wildman–Crippen MR) is 105 cm³/mol. The Morgan fingerprint density at radius 1 is 0.857 bits per heavy atom. The highest BCUT2D eigenvalue weighted by molar-refractivity contribution is 7.19. The summed E-state index contributed by atoms with van der Waals surface area (Å²) in [6.45, 7) is 3.83. The van der Waals surface area contributed by atoms with Crippen molar-refractivity contribution in [3.8, 4) is 12.1 Å². The molecule has 0 saturated heterocycles. The zero-order valence-corrected chi connectivity index (χ0v) is 16.2. The topological polar surface area (TPSA) is 154 Å². The Labute approximate surface area is 165 Å². The second-order valence-electron chi connectivity index (χ2n) is 5.78. The highest BCUT2D eigenvalue weighted by Gasteiger charge is 2.19. The number of aromatic carboxylic acids is 2. The Hall–Kier alpha value is -3.60. The minimum Gasteiger partial charge on any atom is -0.477 e. The van der Waals surface area contributed by atoms with E-state index in [1.165, 1.54) is 22.7 Å². The standard InChI is InChI=1S/2C9H6N2O2S/c2*1-4-2-6-8(14-4)5(3-10)7(11-6)9(12)13/h2*2,11H,1H3,(H,12,13). The average Bonchev–Trinajstić information content (AvgIpc) is 3.32. The zero-order valence-electron chi connectivity index (χ0n) is 14.6. The molecule has 4 aromatic rings. The Bertz CT molecular complexity index is 1220. The maximum absolute atomic E-state index is 10.8. The van der Waals surface area contributed by atoms with Crippen molar-refractivity contribution in [1.29, 1.82) is 10.5 Å². The van der Waals surface area contributed by atoms with Gasteiger partial charge in [0.25, 0.3) is 0 Å². The summed E-state index contributed by atoms with van der Waals surface area (Å²) in [5.74, 6) is -2.19. The molecule has 0 bridgehead atoms. The molecule has 4 heterocycles. The Balaban J connectivity index is 0.000000161. The maximum Gasteiger partial charge on any atom is 0.353 e. The lowest BCUT2D eigenvalue weighted by Gasteiger charge is -1.87. The van der Waals surface area contributed by atoms with Gasteiger partial charge in [-0.2, -0.15) is 10.5 Å². The van der Waals surface area contributed by atoms with E-state index < -0.39 is 11.9 Å². The number of aromatic nitrogens is 2. The van der Waals surface area contributed by atoms with E-state index >= 15 is 0 Å². The fourth-order valence-electron chi connectivity index (χ4n) is 2.74. The van der Waals surface area contributed by atoms with Crippen LogP contribution in [0.5, 0.6) is 0 Å². The summed E-state index contributed by atoms with van der Waals surface area (Å²) in [7, 11) is 0. The molecule has 0 amide bonds. The number of aryl methyl sites for hydroxylation is 2. The summed E-state index contributed by atoms with van der Waals surface area (Å²) in [6, 6.07) is 7.50. The highest BCUT2D eigenvalue weighted by atomic mass is 32.1. The summed E-state index contributed by atoms with van der Waals surface area (Å²) in [5, 5.41) is 35.3. The van der Waals surface area contributed by atoms with Gasteiger partial charge in [-0.3, -0.25) is 0 Å². The summed E-state index contributed by atoms with van der Waals surface area (Å²) < 4.78 is 1.45. The number of H-pyrrole nitrogens is 2. The van der Waals surface area contributed by atoms with Crippen molar-refractivity contribution >= 4 is 55.0 Å². The number of carboxylic acid groups (broad SMARTS) is 2. The summed E-state index contributed by atoms with van der Waals surface area (Å²) >= 11 is 2.85. The van der Waals surface area contributed by atoms with Crippen LogP contribution < -0.4 is 0 Å². The van der Waals surface area contributed by atoms with Crippen LogP contribution in [0, 0.1) is 36.5 Å². The monoisotopic (exact) mass is 412 g/mol. The molecule has 140 valence electrons. The molecule has 10 heteroatoms. The van der Waals surface area contributed by atoms with Gasteiger partial charge in [0.2, 0.25) is 0 Å². The lowest BCUT2D eigenvalue weighted by molar-refractivity contribution is 0.0680. The largest absolute Gasteiger partial charge is 0.477 e. The number of carbonyl (C=O) groups is 2. The first-order valence-electron chi connectivity index (χ1n) is 7.77. The number of hydrogen-bond acceptors (Lipinski definition) is 6. The van der Waals surface area contributed by atoms with Crippen LogP contribution in [0.3, 0.4) is 0 Å². The van der Waals surface area contributed by atoms with Crippen LogP contribution in [0.15, 0.2) is 12.1 Å². The van der Waals surface area contributed by atoms with Crippen LogP contribution in [-0.2, 0) is 0 Å². The van der Waals surface area contributed by atoms with Gasteiger partial charge >= 0.3 is 11.9 Å². The van der Waals surface area contributed by atoms with E-state index in [9.17, 15) is 9.59 Å². The van der Waals surface area contributed by atoms with Gasteiger partial charge in [-0.25, -0.2) is 9.59 Å². The van der Waals surface area contributed by atoms with E-state index in [4.69, 9.17) is 20.7 Å². The van der Waals surface area contributed by atoms with Gasteiger partial charge in [-0.05, 0) is 26.0 Å². The molecule has 0 atom stereocenters. The maximum atomic E-state index is 10.8. The van der Waals surface area contributed by atoms with Crippen LogP contribution in [0.25, 0.3) is 20.4 Å². The second-order valence-corrected chi connectivity index (χ2v) is 8.30. The Morgan fingerprint density at radius 3 is 1.50 bits per heavy atom. The van der Waals surface area contributed by atoms with Crippen molar-refractivity contribution in [3.05, 3.63) is 44.4 Å². The quantitative estimate of drug-likeness (QED) is 0.386.